The van der Waals surface area contributed by atoms with Crippen molar-refractivity contribution in [3.63, 3.8) is 0 Å². The first kappa shape index (κ1) is 24.7. The third kappa shape index (κ3) is 5.92. The molecule has 0 bridgehead atoms. The smallest absolute Gasteiger partial charge is 0.340 e. The second-order valence-electron chi connectivity index (χ2n) is 6.72. The number of urea groups is 1. The van der Waals surface area contributed by atoms with Gasteiger partial charge in [-0.15, -0.1) is 11.3 Å². The highest BCUT2D eigenvalue weighted by atomic mass is 79.9. The highest BCUT2D eigenvalue weighted by molar-refractivity contribution is 9.11. The van der Waals surface area contributed by atoms with Gasteiger partial charge in [-0.25, -0.2) is 22.8 Å². The fraction of sp³-hybridized carbons (Fsp3) is 0.250. The highest BCUT2D eigenvalue weighted by Crippen LogP contribution is 2.28. The van der Waals surface area contributed by atoms with E-state index in [1.165, 1.54) is 18.2 Å². The number of esters is 2. The van der Waals surface area contributed by atoms with Gasteiger partial charge in [0.25, 0.3) is 10.0 Å². The summed E-state index contributed by atoms with van der Waals surface area (Å²) in [6.45, 7) is 2.94. The van der Waals surface area contributed by atoms with E-state index < -0.39 is 40.6 Å². The van der Waals surface area contributed by atoms with Crippen LogP contribution in [0.2, 0.25) is 0 Å². The summed E-state index contributed by atoms with van der Waals surface area (Å²) in [6, 6.07) is 7.75. The third-order valence-corrected chi connectivity index (χ3v) is 7.90. The normalized spacial score (nSPS) is 16.0. The van der Waals surface area contributed by atoms with Crippen LogP contribution in [0.3, 0.4) is 0 Å². The van der Waals surface area contributed by atoms with Crippen LogP contribution >= 0.6 is 27.3 Å². The Labute approximate surface area is 202 Å². The van der Waals surface area contributed by atoms with Gasteiger partial charge in [0.15, 0.2) is 0 Å². The molecule has 10 nitrogen and oxygen atoms in total. The molecule has 1 aliphatic rings. The SMILES string of the molecule is CCOC(=O)C1=C(COC(=O)c2ccccc2NS(=O)(=O)c2ccc(Br)s2)NC(=O)NC1C. The van der Waals surface area contributed by atoms with Crippen LogP contribution < -0.4 is 15.4 Å². The molecule has 2 aromatic rings. The number of halogens is 1. The van der Waals surface area contributed by atoms with E-state index in [-0.39, 0.29) is 33.3 Å². The lowest BCUT2D eigenvalue weighted by Gasteiger charge is -2.26. The van der Waals surface area contributed by atoms with Gasteiger partial charge >= 0.3 is 18.0 Å². The lowest BCUT2D eigenvalue weighted by molar-refractivity contribution is -0.139. The summed E-state index contributed by atoms with van der Waals surface area (Å²) < 4.78 is 38.7. The van der Waals surface area contributed by atoms with Crippen LogP contribution in [0, 0.1) is 0 Å². The van der Waals surface area contributed by atoms with Gasteiger partial charge in [0.2, 0.25) is 0 Å². The zero-order valence-electron chi connectivity index (χ0n) is 17.5. The van der Waals surface area contributed by atoms with E-state index in [0.717, 1.165) is 11.3 Å². The van der Waals surface area contributed by atoms with Crippen LogP contribution in [0.5, 0.6) is 0 Å². The lowest BCUT2D eigenvalue weighted by atomic mass is 10.0. The minimum Gasteiger partial charge on any atom is -0.463 e. The largest absolute Gasteiger partial charge is 0.463 e. The number of thiophene rings is 1. The molecule has 3 rings (SSSR count). The molecule has 0 saturated carbocycles. The van der Waals surface area contributed by atoms with E-state index in [9.17, 15) is 22.8 Å². The molecular formula is C20H20BrN3O7S2. The Bertz CT molecular complexity index is 1220. The third-order valence-electron chi connectivity index (χ3n) is 4.42. The molecule has 2 heterocycles. The van der Waals surface area contributed by atoms with Crippen LogP contribution in [0.15, 0.2) is 55.7 Å². The maximum absolute atomic E-state index is 12.8. The minimum atomic E-state index is -3.93. The summed E-state index contributed by atoms with van der Waals surface area (Å²) >= 11 is 4.24. The Morgan fingerprint density at radius 2 is 1.88 bits per heavy atom. The fourth-order valence-electron chi connectivity index (χ4n) is 3.00. The second kappa shape index (κ2) is 10.4. The molecule has 0 fully saturated rings. The molecule has 13 heteroatoms. The molecule has 0 saturated heterocycles. The average Bonchev–Trinajstić information content (AvgIpc) is 3.19. The Balaban J connectivity index is 1.81. The van der Waals surface area contributed by atoms with Gasteiger partial charge in [-0.2, -0.15) is 0 Å². The van der Waals surface area contributed by atoms with Crippen molar-refractivity contribution in [3.8, 4) is 0 Å². The van der Waals surface area contributed by atoms with Crippen molar-refractivity contribution in [2.24, 2.45) is 0 Å². The molecule has 0 aliphatic carbocycles. The van der Waals surface area contributed by atoms with Crippen LogP contribution in [0.25, 0.3) is 0 Å². The van der Waals surface area contributed by atoms with Crippen molar-refractivity contribution in [2.75, 3.05) is 17.9 Å². The summed E-state index contributed by atoms with van der Waals surface area (Å²) in [4.78, 5) is 36.9. The standard InChI is InChI=1S/C20H20BrN3O7S2/c1-3-30-19(26)17-11(2)22-20(27)23-14(17)10-31-18(25)12-6-4-5-7-13(12)24-33(28,29)16-9-8-15(21)32-16/h4-9,11,24H,3,10H2,1-2H3,(H2,22,23,27). The molecule has 1 atom stereocenters. The fourth-order valence-corrected chi connectivity index (χ4v) is 6.09. The quantitative estimate of drug-likeness (QED) is 0.424. The number of rotatable bonds is 8. The summed E-state index contributed by atoms with van der Waals surface area (Å²) in [5, 5.41) is 5.00. The molecule has 1 aromatic heterocycles. The summed E-state index contributed by atoms with van der Waals surface area (Å²) in [5.74, 6) is -1.50. The van der Waals surface area contributed by atoms with E-state index in [2.05, 4.69) is 31.3 Å². The molecule has 2 amide bonds. The Morgan fingerprint density at radius 3 is 2.55 bits per heavy atom. The van der Waals surface area contributed by atoms with Gasteiger partial charge in [0, 0.05) is 0 Å². The lowest BCUT2D eigenvalue weighted by Crippen LogP contribution is -2.50. The zero-order valence-corrected chi connectivity index (χ0v) is 20.7. The van der Waals surface area contributed by atoms with E-state index >= 15 is 0 Å². The Kier molecular flexibility index (Phi) is 7.76. The van der Waals surface area contributed by atoms with Crippen molar-refractivity contribution in [2.45, 2.75) is 24.1 Å². The molecule has 1 aliphatic heterocycles. The van der Waals surface area contributed by atoms with Gasteiger partial charge in [0.05, 0.1) is 39.0 Å². The number of hydrogen-bond acceptors (Lipinski definition) is 8. The molecular weight excluding hydrogens is 538 g/mol. The molecule has 33 heavy (non-hydrogen) atoms. The van der Waals surface area contributed by atoms with Gasteiger partial charge < -0.3 is 20.1 Å². The molecule has 1 unspecified atom stereocenters. The number of carbonyl (C=O) groups is 3. The highest BCUT2D eigenvalue weighted by Gasteiger charge is 2.30. The number of sulfonamides is 1. The first-order chi connectivity index (χ1) is 15.6. The van der Waals surface area contributed by atoms with Crippen LogP contribution in [0.1, 0.15) is 24.2 Å². The van der Waals surface area contributed by atoms with E-state index in [4.69, 9.17) is 9.47 Å². The van der Waals surface area contributed by atoms with Crippen molar-refractivity contribution >= 4 is 60.9 Å². The summed E-state index contributed by atoms with van der Waals surface area (Å²) in [7, 11) is -3.93. The molecule has 3 N–H and O–H groups in total. The molecule has 0 radical (unpaired) electrons. The number of benzene rings is 1. The number of para-hydroxylation sites is 1. The van der Waals surface area contributed by atoms with Crippen LogP contribution in [-0.2, 0) is 24.3 Å². The second-order valence-corrected chi connectivity index (χ2v) is 11.1. The predicted octanol–water partition coefficient (Wildman–Crippen LogP) is 2.99. The maximum atomic E-state index is 12.8. The predicted molar refractivity (Wildman–Crippen MR) is 124 cm³/mol. The van der Waals surface area contributed by atoms with Gasteiger partial charge in [-0.3, -0.25) is 4.72 Å². The first-order valence-electron chi connectivity index (χ1n) is 9.64. The molecule has 176 valence electrons. The van der Waals surface area contributed by atoms with Crippen molar-refractivity contribution in [1.29, 1.82) is 0 Å². The van der Waals surface area contributed by atoms with Crippen LogP contribution in [-0.4, -0.2) is 45.6 Å². The van der Waals surface area contributed by atoms with E-state index in [1.54, 1.807) is 32.0 Å². The van der Waals surface area contributed by atoms with E-state index in [0.29, 0.717) is 3.79 Å². The number of ether oxygens (including phenoxy) is 2. The Morgan fingerprint density at radius 1 is 1.15 bits per heavy atom. The number of anilines is 1. The number of carbonyl (C=O) groups excluding carboxylic acids is 3. The minimum absolute atomic E-state index is 0.0225. The van der Waals surface area contributed by atoms with Crippen molar-refractivity contribution < 1.29 is 32.3 Å². The van der Waals surface area contributed by atoms with Gasteiger partial charge in [-0.05, 0) is 54.0 Å². The van der Waals surface area contributed by atoms with Crippen LogP contribution in [0.4, 0.5) is 10.5 Å². The van der Waals surface area contributed by atoms with Crippen molar-refractivity contribution in [1.82, 2.24) is 10.6 Å². The summed E-state index contributed by atoms with van der Waals surface area (Å²) in [5.41, 5.74) is 0.193. The Hall–Kier alpha value is -2.90. The first-order valence-corrected chi connectivity index (χ1v) is 12.7. The maximum Gasteiger partial charge on any atom is 0.340 e. The topological polar surface area (TPSA) is 140 Å². The number of hydrogen-bond donors (Lipinski definition) is 3. The monoisotopic (exact) mass is 557 g/mol. The zero-order chi connectivity index (χ0) is 24.2. The molecule has 0 spiro atoms. The number of amides is 2. The molecule has 1 aromatic carbocycles. The van der Waals surface area contributed by atoms with Gasteiger partial charge in [-0.1, -0.05) is 12.1 Å². The number of nitrogens with one attached hydrogen (secondary N) is 3. The average molecular weight is 558 g/mol. The van der Waals surface area contributed by atoms with Gasteiger partial charge in [0.1, 0.15) is 10.8 Å². The van der Waals surface area contributed by atoms with E-state index in [1.807, 2.05) is 0 Å². The van der Waals surface area contributed by atoms with Crippen molar-refractivity contribution in [3.05, 3.63) is 57.0 Å². The summed E-state index contributed by atoms with van der Waals surface area (Å²) in [6.07, 6.45) is 0.